The summed E-state index contributed by atoms with van der Waals surface area (Å²) in [6.45, 7) is 0. The average Bonchev–Trinajstić information content (AvgIpc) is 3.06. The van der Waals surface area contributed by atoms with E-state index < -0.39 is 0 Å². The van der Waals surface area contributed by atoms with E-state index in [1.807, 2.05) is 36.4 Å². The highest BCUT2D eigenvalue weighted by atomic mass is 15.3. The van der Waals surface area contributed by atoms with Crippen LogP contribution in [0.15, 0.2) is 36.4 Å². The summed E-state index contributed by atoms with van der Waals surface area (Å²) in [4.78, 5) is 0. The molecule has 5 nitrogen and oxygen atoms in total. The van der Waals surface area contributed by atoms with Crippen LogP contribution in [0.2, 0.25) is 0 Å². The quantitative estimate of drug-likeness (QED) is 0.531. The van der Waals surface area contributed by atoms with Gasteiger partial charge in [0.2, 0.25) is 0 Å². The first-order valence-corrected chi connectivity index (χ1v) is 5.58. The molecule has 0 aliphatic heterocycles. The number of rotatable bonds is 1. The second-order valence-electron chi connectivity index (χ2n) is 4.08. The van der Waals surface area contributed by atoms with Gasteiger partial charge in [0.25, 0.3) is 0 Å². The highest BCUT2D eigenvalue weighted by Crippen LogP contribution is 2.30. The zero-order valence-corrected chi connectivity index (χ0v) is 9.31. The number of nitrogens with one attached hydrogen (secondary N) is 2. The van der Waals surface area contributed by atoms with Crippen LogP contribution in [0.5, 0.6) is 0 Å². The molecular weight excluding hydrogens is 226 g/mol. The van der Waals surface area contributed by atoms with Crippen LogP contribution in [0.3, 0.4) is 0 Å². The third kappa shape index (κ3) is 1.18. The van der Waals surface area contributed by atoms with Gasteiger partial charge in [-0.05, 0) is 17.7 Å². The van der Waals surface area contributed by atoms with Gasteiger partial charge < -0.3 is 0 Å². The molecule has 1 radical (unpaired) electrons. The van der Waals surface area contributed by atoms with E-state index in [0.717, 1.165) is 33.1 Å². The number of hydrogen-bond donors (Lipinski definition) is 2. The summed E-state index contributed by atoms with van der Waals surface area (Å²) in [7, 11) is 0. The SMILES string of the molecule is [c]1n[nH]c2cccc(-c3cccc4[nH]nnc34)c12. The molecule has 0 fully saturated rings. The summed E-state index contributed by atoms with van der Waals surface area (Å²) in [5.74, 6) is 0. The third-order valence-electron chi connectivity index (χ3n) is 3.06. The number of aromatic amines is 2. The lowest BCUT2D eigenvalue weighted by molar-refractivity contribution is 0.959. The van der Waals surface area contributed by atoms with Gasteiger partial charge in [-0.25, -0.2) is 0 Å². The van der Waals surface area contributed by atoms with Crippen molar-refractivity contribution in [1.29, 1.82) is 0 Å². The Bertz CT molecular complexity index is 770. The second kappa shape index (κ2) is 3.40. The fraction of sp³-hybridized carbons (Fsp3) is 0. The maximum absolute atomic E-state index is 4.14. The number of H-pyrrole nitrogens is 2. The summed E-state index contributed by atoms with van der Waals surface area (Å²) in [6.07, 6.45) is 2.98. The summed E-state index contributed by atoms with van der Waals surface area (Å²) in [5.41, 5.74) is 4.84. The Morgan fingerprint density at radius 1 is 0.889 bits per heavy atom. The van der Waals surface area contributed by atoms with Crippen molar-refractivity contribution in [2.75, 3.05) is 0 Å². The molecule has 2 aromatic carbocycles. The van der Waals surface area contributed by atoms with Crippen molar-refractivity contribution in [2.45, 2.75) is 0 Å². The molecule has 85 valence electrons. The molecule has 0 unspecified atom stereocenters. The molecule has 0 saturated carbocycles. The Morgan fingerprint density at radius 3 is 2.67 bits per heavy atom. The molecule has 0 spiro atoms. The van der Waals surface area contributed by atoms with E-state index in [4.69, 9.17) is 0 Å². The molecule has 0 aliphatic rings. The van der Waals surface area contributed by atoms with Crippen molar-refractivity contribution in [3.05, 3.63) is 42.6 Å². The van der Waals surface area contributed by atoms with Crippen LogP contribution in [-0.4, -0.2) is 25.6 Å². The van der Waals surface area contributed by atoms with Gasteiger partial charge in [-0.15, -0.1) is 5.10 Å². The minimum atomic E-state index is 0.861. The van der Waals surface area contributed by atoms with Gasteiger partial charge in [-0.3, -0.25) is 10.2 Å². The number of hydrogen-bond acceptors (Lipinski definition) is 3. The van der Waals surface area contributed by atoms with Crippen LogP contribution in [0.4, 0.5) is 0 Å². The smallest absolute Gasteiger partial charge is 0.121 e. The maximum Gasteiger partial charge on any atom is 0.121 e. The molecular formula is C13H8N5. The normalized spacial score (nSPS) is 11.3. The largest absolute Gasteiger partial charge is 0.277 e. The summed E-state index contributed by atoms with van der Waals surface area (Å²) in [5, 5.41) is 18.7. The minimum absolute atomic E-state index is 0.861. The van der Waals surface area contributed by atoms with E-state index >= 15 is 0 Å². The Kier molecular flexibility index (Phi) is 1.77. The monoisotopic (exact) mass is 234 g/mol. The zero-order valence-electron chi connectivity index (χ0n) is 9.31. The van der Waals surface area contributed by atoms with Crippen LogP contribution < -0.4 is 0 Å². The predicted octanol–water partition coefficient (Wildman–Crippen LogP) is 2.30. The predicted molar refractivity (Wildman–Crippen MR) is 67.8 cm³/mol. The van der Waals surface area contributed by atoms with Crippen molar-refractivity contribution in [3.8, 4) is 11.1 Å². The Hall–Kier alpha value is -2.69. The second-order valence-corrected chi connectivity index (χ2v) is 4.08. The summed E-state index contributed by atoms with van der Waals surface area (Å²) < 4.78 is 0. The fourth-order valence-electron chi connectivity index (χ4n) is 2.22. The molecule has 0 bridgehead atoms. The molecule has 4 aromatic rings. The lowest BCUT2D eigenvalue weighted by Gasteiger charge is -2.03. The summed E-state index contributed by atoms with van der Waals surface area (Å²) in [6, 6.07) is 12.0. The molecule has 5 heteroatoms. The number of fused-ring (bicyclic) bond motifs is 2. The minimum Gasteiger partial charge on any atom is -0.277 e. The molecule has 0 aliphatic carbocycles. The van der Waals surface area contributed by atoms with E-state index in [1.54, 1.807) is 0 Å². The molecule has 0 amide bonds. The first kappa shape index (κ1) is 9.35. The van der Waals surface area contributed by atoms with Crippen LogP contribution in [0.25, 0.3) is 33.1 Å². The van der Waals surface area contributed by atoms with Gasteiger partial charge in [-0.1, -0.05) is 29.5 Å². The summed E-state index contributed by atoms with van der Waals surface area (Å²) >= 11 is 0. The topological polar surface area (TPSA) is 70.2 Å². The van der Waals surface area contributed by atoms with E-state index in [0.29, 0.717) is 0 Å². The Labute approximate surface area is 102 Å². The first-order chi connectivity index (χ1) is 8.93. The van der Waals surface area contributed by atoms with E-state index in [9.17, 15) is 0 Å². The number of benzene rings is 2. The van der Waals surface area contributed by atoms with Crippen LogP contribution in [0, 0.1) is 6.20 Å². The zero-order chi connectivity index (χ0) is 11.9. The molecule has 0 saturated heterocycles. The molecule has 4 rings (SSSR count). The van der Waals surface area contributed by atoms with E-state index in [1.165, 1.54) is 0 Å². The maximum atomic E-state index is 4.14. The fourth-order valence-corrected chi connectivity index (χ4v) is 2.22. The van der Waals surface area contributed by atoms with Gasteiger partial charge in [0.05, 0.1) is 11.0 Å². The first-order valence-electron chi connectivity index (χ1n) is 5.58. The molecule has 0 atom stereocenters. The van der Waals surface area contributed by atoms with Crippen molar-refractivity contribution < 1.29 is 0 Å². The lowest BCUT2D eigenvalue weighted by Crippen LogP contribution is -1.82. The lowest BCUT2D eigenvalue weighted by atomic mass is 10.0. The van der Waals surface area contributed by atoms with Gasteiger partial charge in [0.1, 0.15) is 11.7 Å². The van der Waals surface area contributed by atoms with Crippen LogP contribution in [-0.2, 0) is 0 Å². The molecule has 2 N–H and O–H groups in total. The standard InChI is InChI=1S/C13H8N5/c1-3-8(10-7-14-15-11(10)5-1)9-4-2-6-12-13(9)17-18-16-12/h1-6H,(H,14,15)(H,16,17,18). The van der Waals surface area contributed by atoms with E-state index in [-0.39, 0.29) is 0 Å². The van der Waals surface area contributed by atoms with Gasteiger partial charge in [-0.2, -0.15) is 5.10 Å². The molecule has 2 aromatic heterocycles. The van der Waals surface area contributed by atoms with Crippen molar-refractivity contribution in [3.63, 3.8) is 0 Å². The van der Waals surface area contributed by atoms with Crippen LogP contribution in [0.1, 0.15) is 0 Å². The van der Waals surface area contributed by atoms with Gasteiger partial charge >= 0.3 is 0 Å². The van der Waals surface area contributed by atoms with Crippen LogP contribution >= 0.6 is 0 Å². The number of nitrogens with zero attached hydrogens (tertiary/aromatic N) is 3. The van der Waals surface area contributed by atoms with Gasteiger partial charge in [0.15, 0.2) is 0 Å². The average molecular weight is 234 g/mol. The molecule has 18 heavy (non-hydrogen) atoms. The highest BCUT2D eigenvalue weighted by Gasteiger charge is 2.10. The van der Waals surface area contributed by atoms with Crippen molar-refractivity contribution >= 4 is 21.9 Å². The number of aromatic nitrogens is 5. The van der Waals surface area contributed by atoms with Crippen molar-refractivity contribution in [2.24, 2.45) is 0 Å². The Balaban J connectivity index is 2.13. The van der Waals surface area contributed by atoms with Crippen molar-refractivity contribution in [1.82, 2.24) is 25.6 Å². The molecule has 2 heterocycles. The van der Waals surface area contributed by atoms with Gasteiger partial charge in [0, 0.05) is 10.9 Å². The highest BCUT2D eigenvalue weighted by molar-refractivity contribution is 6.01. The third-order valence-corrected chi connectivity index (χ3v) is 3.06. The Morgan fingerprint density at radius 2 is 1.72 bits per heavy atom. The van der Waals surface area contributed by atoms with E-state index in [2.05, 4.69) is 31.8 Å².